The Kier molecular flexibility index (Phi) is 5.95. The fourth-order valence-corrected chi connectivity index (χ4v) is 3.85. The molecule has 7 heteroatoms. The van der Waals surface area contributed by atoms with Crippen molar-refractivity contribution in [3.63, 3.8) is 0 Å². The topological polar surface area (TPSA) is 93.1 Å². The Balaban J connectivity index is 1.88. The lowest BCUT2D eigenvalue weighted by Crippen LogP contribution is -2.29. The number of anilines is 1. The second-order valence-corrected chi connectivity index (χ2v) is 7.35. The molecule has 1 atom stereocenters. The molecule has 1 aliphatic rings. The summed E-state index contributed by atoms with van der Waals surface area (Å²) in [6.07, 6.45) is 0. The number of carbonyl (C=O) groups excluding carboxylic acids is 3. The van der Waals surface area contributed by atoms with E-state index in [0.717, 1.165) is 0 Å². The molecule has 166 valence electrons. The van der Waals surface area contributed by atoms with Crippen molar-refractivity contribution in [3.05, 3.63) is 101 Å². The van der Waals surface area contributed by atoms with Crippen molar-refractivity contribution in [1.29, 1.82) is 0 Å². The number of esters is 1. The van der Waals surface area contributed by atoms with Crippen LogP contribution in [0.2, 0.25) is 0 Å². The number of ether oxygens (including phenoxy) is 2. The Morgan fingerprint density at radius 1 is 0.879 bits per heavy atom. The Hall–Kier alpha value is -4.39. The second-order valence-electron chi connectivity index (χ2n) is 7.35. The predicted molar refractivity (Wildman–Crippen MR) is 122 cm³/mol. The van der Waals surface area contributed by atoms with Crippen molar-refractivity contribution in [3.8, 4) is 5.75 Å². The van der Waals surface area contributed by atoms with Crippen molar-refractivity contribution < 1.29 is 29.0 Å². The highest BCUT2D eigenvalue weighted by Crippen LogP contribution is 2.42. The molecule has 0 saturated carbocycles. The molecule has 1 fully saturated rings. The van der Waals surface area contributed by atoms with E-state index in [4.69, 9.17) is 9.47 Å². The number of ketones is 1. The number of hydrogen-bond donors (Lipinski definition) is 1. The summed E-state index contributed by atoms with van der Waals surface area (Å²) in [6, 6.07) is 20.9. The summed E-state index contributed by atoms with van der Waals surface area (Å²) >= 11 is 0. The van der Waals surface area contributed by atoms with E-state index in [2.05, 4.69) is 0 Å². The molecule has 1 amide bonds. The highest BCUT2D eigenvalue weighted by Gasteiger charge is 2.46. The van der Waals surface area contributed by atoms with Crippen molar-refractivity contribution in [2.45, 2.75) is 6.04 Å². The van der Waals surface area contributed by atoms with Crippen LogP contribution in [0.15, 0.2) is 84.4 Å². The molecular weight excluding hydrogens is 422 g/mol. The van der Waals surface area contributed by atoms with Gasteiger partial charge in [-0.05, 0) is 42.0 Å². The van der Waals surface area contributed by atoms with Gasteiger partial charge in [-0.3, -0.25) is 14.5 Å². The molecule has 1 saturated heterocycles. The lowest BCUT2D eigenvalue weighted by Gasteiger charge is -2.25. The Labute approximate surface area is 190 Å². The third kappa shape index (κ3) is 3.96. The van der Waals surface area contributed by atoms with Gasteiger partial charge in [0.15, 0.2) is 0 Å². The van der Waals surface area contributed by atoms with E-state index in [1.165, 1.54) is 31.3 Å². The quantitative estimate of drug-likeness (QED) is 0.276. The van der Waals surface area contributed by atoms with E-state index in [9.17, 15) is 19.5 Å². The van der Waals surface area contributed by atoms with Gasteiger partial charge in [-0.25, -0.2) is 4.79 Å². The van der Waals surface area contributed by atoms with Crippen LogP contribution in [0.4, 0.5) is 5.69 Å². The number of benzene rings is 3. The third-order valence-electron chi connectivity index (χ3n) is 5.47. The Morgan fingerprint density at radius 2 is 1.58 bits per heavy atom. The first-order valence-electron chi connectivity index (χ1n) is 10.1. The number of rotatable bonds is 5. The largest absolute Gasteiger partial charge is 0.507 e. The first kappa shape index (κ1) is 21.8. The monoisotopic (exact) mass is 443 g/mol. The number of nitrogens with zero attached hydrogens (tertiary/aromatic N) is 1. The molecular formula is C26H21NO6. The fourth-order valence-electron chi connectivity index (χ4n) is 3.85. The molecule has 1 N–H and O–H groups in total. The van der Waals surface area contributed by atoms with Crippen molar-refractivity contribution in [2.24, 2.45) is 0 Å². The third-order valence-corrected chi connectivity index (χ3v) is 5.47. The van der Waals surface area contributed by atoms with Crippen molar-refractivity contribution in [2.75, 3.05) is 19.1 Å². The van der Waals surface area contributed by atoms with Crippen LogP contribution in [0.1, 0.15) is 27.5 Å². The molecule has 3 aromatic carbocycles. The number of aliphatic hydroxyl groups excluding tert-OH is 1. The maximum absolute atomic E-state index is 13.1. The predicted octanol–water partition coefficient (Wildman–Crippen LogP) is 4.11. The summed E-state index contributed by atoms with van der Waals surface area (Å²) < 4.78 is 9.95. The highest BCUT2D eigenvalue weighted by molar-refractivity contribution is 6.51. The highest BCUT2D eigenvalue weighted by atomic mass is 16.5. The SMILES string of the molecule is COC(=O)c1ccc(N2C(=O)C(=O)/C(=C(/O)c3cccc(OC)c3)C2c2ccccc2)cc1. The fraction of sp³-hybridized carbons (Fsp3) is 0.115. The molecule has 0 aromatic heterocycles. The van der Waals surface area contributed by atoms with E-state index >= 15 is 0 Å². The standard InChI is InChI=1S/C26H21NO6/c1-32-20-10-6-9-18(15-20)23(28)21-22(16-7-4-3-5-8-16)27(25(30)24(21)29)19-13-11-17(12-14-19)26(31)33-2/h3-15,22,28H,1-2H3/b23-21+. The number of hydrogen-bond acceptors (Lipinski definition) is 6. The summed E-state index contributed by atoms with van der Waals surface area (Å²) in [7, 11) is 2.78. The molecule has 1 aliphatic heterocycles. The molecule has 0 spiro atoms. The minimum atomic E-state index is -0.860. The molecule has 1 unspecified atom stereocenters. The molecule has 7 nitrogen and oxygen atoms in total. The molecule has 33 heavy (non-hydrogen) atoms. The summed E-state index contributed by atoms with van der Waals surface area (Å²) in [4.78, 5) is 39.4. The van der Waals surface area contributed by atoms with Gasteiger partial charge in [-0.15, -0.1) is 0 Å². The van der Waals surface area contributed by atoms with Crippen LogP contribution in [0, 0.1) is 0 Å². The summed E-state index contributed by atoms with van der Waals surface area (Å²) in [5.41, 5.74) is 1.69. The zero-order chi connectivity index (χ0) is 23.5. The zero-order valence-corrected chi connectivity index (χ0v) is 18.0. The molecule has 0 bridgehead atoms. The minimum Gasteiger partial charge on any atom is -0.507 e. The van der Waals surface area contributed by atoms with Gasteiger partial charge in [0.1, 0.15) is 11.5 Å². The molecule has 1 heterocycles. The van der Waals surface area contributed by atoms with Gasteiger partial charge >= 0.3 is 5.97 Å². The summed E-state index contributed by atoms with van der Waals surface area (Å²) in [5, 5.41) is 11.1. The molecule has 0 aliphatic carbocycles. The van der Waals surface area contributed by atoms with Gasteiger partial charge in [-0.1, -0.05) is 42.5 Å². The smallest absolute Gasteiger partial charge is 0.337 e. The Morgan fingerprint density at radius 3 is 2.21 bits per heavy atom. The lowest BCUT2D eigenvalue weighted by molar-refractivity contribution is -0.132. The van der Waals surface area contributed by atoms with Gasteiger partial charge in [0.2, 0.25) is 0 Å². The molecule has 0 radical (unpaired) electrons. The van der Waals surface area contributed by atoms with Gasteiger partial charge in [0.25, 0.3) is 11.7 Å². The number of amides is 1. The summed E-state index contributed by atoms with van der Waals surface area (Å²) in [5.74, 6) is -1.89. The van der Waals surface area contributed by atoms with Crippen LogP contribution >= 0.6 is 0 Å². The summed E-state index contributed by atoms with van der Waals surface area (Å²) in [6.45, 7) is 0. The van der Waals surface area contributed by atoms with Crippen molar-refractivity contribution >= 4 is 29.1 Å². The van der Waals surface area contributed by atoms with Crippen molar-refractivity contribution in [1.82, 2.24) is 0 Å². The first-order chi connectivity index (χ1) is 16.0. The minimum absolute atomic E-state index is 0.0310. The van der Waals surface area contributed by atoms with Gasteiger partial charge in [0, 0.05) is 11.3 Å². The zero-order valence-electron chi connectivity index (χ0n) is 18.0. The second kappa shape index (κ2) is 9.00. The maximum Gasteiger partial charge on any atom is 0.337 e. The van der Waals surface area contributed by atoms with Crippen LogP contribution in [-0.4, -0.2) is 37.0 Å². The molecule has 3 aromatic rings. The van der Waals surface area contributed by atoms with E-state index < -0.39 is 23.7 Å². The van der Waals surface area contributed by atoms with Crippen LogP contribution < -0.4 is 9.64 Å². The number of aliphatic hydroxyl groups is 1. The lowest BCUT2D eigenvalue weighted by atomic mass is 9.95. The first-order valence-corrected chi connectivity index (χ1v) is 10.1. The van der Waals surface area contributed by atoms with Gasteiger partial charge in [-0.2, -0.15) is 0 Å². The van der Waals surface area contributed by atoms with E-state index in [1.807, 2.05) is 6.07 Å². The van der Waals surface area contributed by atoms with Crippen LogP contribution in [0.25, 0.3) is 5.76 Å². The average Bonchev–Trinajstić information content (AvgIpc) is 3.14. The number of methoxy groups -OCH3 is 2. The van der Waals surface area contributed by atoms with Crippen LogP contribution in [0.3, 0.4) is 0 Å². The van der Waals surface area contributed by atoms with Crippen LogP contribution in [0.5, 0.6) is 5.75 Å². The van der Waals surface area contributed by atoms with E-state index in [0.29, 0.717) is 28.1 Å². The molecule has 4 rings (SSSR count). The van der Waals surface area contributed by atoms with Crippen LogP contribution in [-0.2, 0) is 14.3 Å². The number of carbonyl (C=O) groups is 3. The van der Waals surface area contributed by atoms with E-state index in [1.54, 1.807) is 60.7 Å². The number of Topliss-reactive ketones (excluding diaryl/α,β-unsaturated/α-hetero) is 1. The normalized spacial score (nSPS) is 17.2. The van der Waals surface area contributed by atoms with Gasteiger partial charge in [0.05, 0.1) is 31.4 Å². The average molecular weight is 443 g/mol. The van der Waals surface area contributed by atoms with Gasteiger partial charge < -0.3 is 14.6 Å². The maximum atomic E-state index is 13.1. The van der Waals surface area contributed by atoms with E-state index in [-0.39, 0.29) is 11.3 Å². The Bertz CT molecular complexity index is 1250.